The Kier molecular flexibility index (Phi) is 2.98. The predicted molar refractivity (Wildman–Crippen MR) is 69.5 cm³/mol. The molecule has 0 spiro atoms. The summed E-state index contributed by atoms with van der Waals surface area (Å²) >= 11 is 0. The second-order valence-electron chi connectivity index (χ2n) is 4.26. The third-order valence-corrected chi connectivity index (χ3v) is 3.13. The summed E-state index contributed by atoms with van der Waals surface area (Å²) in [5.74, 6) is -0.316. The van der Waals surface area contributed by atoms with Crippen LogP contribution in [0.25, 0.3) is 5.69 Å². The number of aromatic nitrogens is 2. The monoisotopic (exact) mass is 249 g/mol. The van der Waals surface area contributed by atoms with Gasteiger partial charge >= 0.3 is 0 Å². The van der Waals surface area contributed by atoms with Gasteiger partial charge in [0.15, 0.2) is 0 Å². The van der Waals surface area contributed by atoms with Gasteiger partial charge in [-0.1, -0.05) is 0 Å². The number of rotatable bonds is 2. The van der Waals surface area contributed by atoms with E-state index in [0.29, 0.717) is 17.8 Å². The van der Waals surface area contributed by atoms with E-state index in [-0.39, 0.29) is 17.1 Å². The van der Waals surface area contributed by atoms with Crippen LogP contribution in [0, 0.1) is 19.7 Å². The molecule has 0 aliphatic carbocycles. The molecular formula is C13H16FN3O. The average Bonchev–Trinajstić information content (AvgIpc) is 2.54. The van der Waals surface area contributed by atoms with Crippen LogP contribution >= 0.6 is 0 Å². The molecule has 0 amide bonds. The number of hydrogen-bond donors (Lipinski definition) is 1. The van der Waals surface area contributed by atoms with Gasteiger partial charge in [0.1, 0.15) is 11.5 Å². The quantitative estimate of drug-likeness (QED) is 0.885. The Balaban J connectivity index is 2.79. The van der Waals surface area contributed by atoms with Crippen molar-refractivity contribution in [2.75, 3.05) is 5.73 Å². The normalized spacial score (nSPS) is 10.9. The maximum absolute atomic E-state index is 13.1. The third-order valence-electron chi connectivity index (χ3n) is 3.13. The molecule has 4 nitrogen and oxygen atoms in total. The van der Waals surface area contributed by atoms with Crippen LogP contribution in [0.5, 0.6) is 0 Å². The summed E-state index contributed by atoms with van der Waals surface area (Å²) in [5.41, 5.74) is 7.83. The van der Waals surface area contributed by atoms with E-state index in [1.165, 1.54) is 16.8 Å². The number of halogens is 1. The van der Waals surface area contributed by atoms with Gasteiger partial charge in [-0.25, -0.2) is 9.07 Å². The van der Waals surface area contributed by atoms with Crippen LogP contribution in [0.1, 0.15) is 18.2 Å². The van der Waals surface area contributed by atoms with E-state index in [1.807, 2.05) is 6.92 Å². The van der Waals surface area contributed by atoms with E-state index in [1.54, 1.807) is 24.6 Å². The largest absolute Gasteiger partial charge is 0.393 e. The maximum atomic E-state index is 13.1. The first-order valence-corrected chi connectivity index (χ1v) is 5.81. The molecule has 5 heteroatoms. The van der Waals surface area contributed by atoms with Crippen LogP contribution in [0.2, 0.25) is 0 Å². The van der Waals surface area contributed by atoms with Crippen LogP contribution in [0.4, 0.5) is 10.1 Å². The van der Waals surface area contributed by atoms with E-state index in [4.69, 9.17) is 5.73 Å². The standard InChI is InChI=1S/C13H16FN3O/c1-4-16-9(3)12(15)13(18)17(16)11-6-5-10(14)7-8(11)2/h5-7H,4,15H2,1-3H3. The molecule has 2 aromatic rings. The first-order chi connectivity index (χ1) is 8.47. The fraction of sp³-hybridized carbons (Fsp3) is 0.308. The average molecular weight is 249 g/mol. The first-order valence-electron chi connectivity index (χ1n) is 5.81. The molecule has 0 radical (unpaired) electrons. The van der Waals surface area contributed by atoms with Crippen molar-refractivity contribution >= 4 is 5.69 Å². The number of nitrogens with zero attached hydrogens (tertiary/aromatic N) is 2. The summed E-state index contributed by atoms with van der Waals surface area (Å²) in [6.07, 6.45) is 0. The highest BCUT2D eigenvalue weighted by molar-refractivity contribution is 5.47. The molecule has 1 aromatic heterocycles. The minimum Gasteiger partial charge on any atom is -0.393 e. The minimum absolute atomic E-state index is 0.237. The molecule has 1 aromatic carbocycles. The first kappa shape index (κ1) is 12.4. The SMILES string of the molecule is CCn1c(C)c(N)c(=O)n1-c1ccc(F)cc1C. The Hall–Kier alpha value is -2.04. The molecule has 18 heavy (non-hydrogen) atoms. The summed E-state index contributed by atoms with van der Waals surface area (Å²) in [6, 6.07) is 4.34. The molecular weight excluding hydrogens is 233 g/mol. The van der Waals surface area contributed by atoms with Gasteiger partial charge in [-0.3, -0.25) is 9.48 Å². The lowest BCUT2D eigenvalue weighted by atomic mass is 10.2. The van der Waals surface area contributed by atoms with E-state index in [2.05, 4.69) is 0 Å². The molecule has 0 atom stereocenters. The maximum Gasteiger partial charge on any atom is 0.294 e. The lowest BCUT2D eigenvalue weighted by Crippen LogP contribution is -2.22. The fourth-order valence-electron chi connectivity index (χ4n) is 2.14. The third kappa shape index (κ3) is 1.72. The highest BCUT2D eigenvalue weighted by Gasteiger charge is 2.16. The van der Waals surface area contributed by atoms with Gasteiger partial charge in [-0.2, -0.15) is 0 Å². The van der Waals surface area contributed by atoms with Crippen LogP contribution in [-0.4, -0.2) is 9.36 Å². The lowest BCUT2D eigenvalue weighted by molar-refractivity contribution is 0.556. The van der Waals surface area contributed by atoms with Gasteiger partial charge in [0.2, 0.25) is 0 Å². The van der Waals surface area contributed by atoms with Crippen LogP contribution in [-0.2, 0) is 6.54 Å². The molecule has 96 valence electrons. The summed E-state index contributed by atoms with van der Waals surface area (Å²) in [5, 5.41) is 0. The molecule has 2 N–H and O–H groups in total. The number of hydrogen-bond acceptors (Lipinski definition) is 2. The fourth-order valence-corrected chi connectivity index (χ4v) is 2.14. The van der Waals surface area contributed by atoms with Crippen molar-refractivity contribution in [3.8, 4) is 5.69 Å². The summed E-state index contributed by atoms with van der Waals surface area (Å²) in [4.78, 5) is 12.1. The Morgan fingerprint density at radius 1 is 1.33 bits per heavy atom. The number of anilines is 1. The van der Waals surface area contributed by atoms with Gasteiger partial charge in [-0.05, 0) is 44.5 Å². The zero-order valence-electron chi connectivity index (χ0n) is 10.7. The van der Waals surface area contributed by atoms with Gasteiger partial charge in [-0.15, -0.1) is 0 Å². The van der Waals surface area contributed by atoms with E-state index >= 15 is 0 Å². The smallest absolute Gasteiger partial charge is 0.294 e. The molecule has 2 rings (SSSR count). The highest BCUT2D eigenvalue weighted by atomic mass is 19.1. The van der Waals surface area contributed by atoms with Gasteiger partial charge < -0.3 is 5.73 Å². The molecule has 0 fully saturated rings. The molecule has 1 heterocycles. The highest BCUT2D eigenvalue weighted by Crippen LogP contribution is 2.17. The minimum atomic E-state index is -0.316. The molecule has 0 saturated heterocycles. The van der Waals surface area contributed by atoms with Crippen LogP contribution in [0.3, 0.4) is 0 Å². The Morgan fingerprint density at radius 3 is 2.56 bits per heavy atom. The van der Waals surface area contributed by atoms with Crippen LogP contribution < -0.4 is 11.3 Å². The van der Waals surface area contributed by atoms with Gasteiger partial charge in [0, 0.05) is 6.54 Å². The second-order valence-corrected chi connectivity index (χ2v) is 4.26. The predicted octanol–water partition coefficient (Wildman–Crippen LogP) is 2.00. The van der Waals surface area contributed by atoms with Crippen molar-refractivity contribution < 1.29 is 4.39 Å². The summed E-state index contributed by atoms with van der Waals surface area (Å²) in [6.45, 7) is 6.12. The molecule has 0 aliphatic heterocycles. The Labute approximate surface area is 104 Å². The molecule has 0 unspecified atom stereocenters. The van der Waals surface area contributed by atoms with Crippen molar-refractivity contribution in [3.05, 3.63) is 45.6 Å². The molecule has 0 aliphatic rings. The molecule has 0 saturated carbocycles. The topological polar surface area (TPSA) is 52.9 Å². The van der Waals surface area contributed by atoms with Gasteiger partial charge in [0.05, 0.1) is 11.4 Å². The zero-order chi connectivity index (χ0) is 13.4. The lowest BCUT2D eigenvalue weighted by Gasteiger charge is -2.13. The summed E-state index contributed by atoms with van der Waals surface area (Å²) < 4.78 is 16.4. The van der Waals surface area contributed by atoms with Crippen molar-refractivity contribution in [2.45, 2.75) is 27.3 Å². The van der Waals surface area contributed by atoms with Gasteiger partial charge in [0.25, 0.3) is 5.56 Å². The van der Waals surface area contributed by atoms with Crippen molar-refractivity contribution in [1.29, 1.82) is 0 Å². The van der Waals surface area contributed by atoms with Crippen LogP contribution in [0.15, 0.2) is 23.0 Å². The van der Waals surface area contributed by atoms with E-state index < -0.39 is 0 Å². The second kappa shape index (κ2) is 4.33. The number of nitrogen functional groups attached to an aromatic ring is 1. The Morgan fingerprint density at radius 2 is 2.00 bits per heavy atom. The van der Waals surface area contributed by atoms with E-state index in [0.717, 1.165) is 5.69 Å². The van der Waals surface area contributed by atoms with Crippen molar-refractivity contribution in [1.82, 2.24) is 9.36 Å². The molecule has 0 bridgehead atoms. The van der Waals surface area contributed by atoms with E-state index in [9.17, 15) is 9.18 Å². The Bertz CT molecular complexity index is 655. The summed E-state index contributed by atoms with van der Waals surface area (Å²) in [7, 11) is 0. The number of benzene rings is 1. The number of aryl methyl sites for hydroxylation is 1. The van der Waals surface area contributed by atoms with Crippen molar-refractivity contribution in [3.63, 3.8) is 0 Å². The zero-order valence-corrected chi connectivity index (χ0v) is 10.7. The number of nitrogens with two attached hydrogens (primary N) is 1. The van der Waals surface area contributed by atoms with Crippen molar-refractivity contribution in [2.24, 2.45) is 0 Å².